The Balaban J connectivity index is 3.31. The molecule has 102 valence electrons. The van der Waals surface area contributed by atoms with Gasteiger partial charge in [-0.05, 0) is 19.1 Å². The first kappa shape index (κ1) is 14.9. The van der Waals surface area contributed by atoms with Gasteiger partial charge in [0.25, 0.3) is 0 Å². The molecule has 0 radical (unpaired) electrons. The molecule has 1 N–H and O–H groups in total. The lowest BCUT2D eigenvalue weighted by Crippen LogP contribution is -2.12. The van der Waals surface area contributed by atoms with Crippen molar-refractivity contribution < 1.29 is 28.2 Å². The zero-order valence-electron chi connectivity index (χ0n) is 10.0. The smallest absolute Gasteiger partial charge is 0.387 e. The van der Waals surface area contributed by atoms with Crippen LogP contribution in [-0.2, 0) is 11.3 Å². The van der Waals surface area contributed by atoms with Crippen molar-refractivity contribution >= 4 is 5.97 Å². The summed E-state index contributed by atoms with van der Waals surface area (Å²) in [6, 6.07) is 3.87. The molecule has 0 bridgehead atoms. The molecule has 1 aromatic carbocycles. The third kappa shape index (κ3) is 3.39. The number of aliphatic hydroxyl groups excluding tert-OH is 1. The van der Waals surface area contributed by atoms with Gasteiger partial charge < -0.3 is 14.6 Å². The number of hydrogen-bond donors (Lipinski definition) is 1. The Hall–Kier alpha value is -2.20. The Kier molecular flexibility index (Phi) is 5.21. The quantitative estimate of drug-likeness (QED) is 0.826. The van der Waals surface area contributed by atoms with Gasteiger partial charge in [0.2, 0.25) is 0 Å². The number of aliphatic hydroxyl groups is 1. The van der Waals surface area contributed by atoms with Crippen LogP contribution in [0.4, 0.5) is 8.78 Å². The molecule has 5 nitrogen and oxygen atoms in total. The third-order valence-electron chi connectivity index (χ3n) is 2.26. The fourth-order valence-corrected chi connectivity index (χ4v) is 1.51. The number of hydrogen-bond acceptors (Lipinski definition) is 5. The molecule has 0 heterocycles. The molecule has 1 aromatic rings. The van der Waals surface area contributed by atoms with E-state index in [1.807, 2.05) is 0 Å². The number of nitriles is 1. The molecule has 1 rings (SSSR count). The van der Waals surface area contributed by atoms with Crippen LogP contribution in [0.1, 0.15) is 28.4 Å². The van der Waals surface area contributed by atoms with Crippen LogP contribution in [0.3, 0.4) is 0 Å². The van der Waals surface area contributed by atoms with Crippen molar-refractivity contribution in [1.29, 1.82) is 5.26 Å². The average Bonchev–Trinajstić information content (AvgIpc) is 2.37. The van der Waals surface area contributed by atoms with E-state index in [4.69, 9.17) is 10.00 Å². The van der Waals surface area contributed by atoms with E-state index >= 15 is 0 Å². The molecule has 0 aliphatic carbocycles. The lowest BCUT2D eigenvalue weighted by atomic mass is 10.0. The summed E-state index contributed by atoms with van der Waals surface area (Å²) in [7, 11) is 0. The normalized spacial score (nSPS) is 10.1. The minimum atomic E-state index is -3.10. The van der Waals surface area contributed by atoms with Crippen molar-refractivity contribution in [3.63, 3.8) is 0 Å². The van der Waals surface area contributed by atoms with Crippen LogP contribution < -0.4 is 4.74 Å². The van der Waals surface area contributed by atoms with Gasteiger partial charge in [0.15, 0.2) is 0 Å². The van der Waals surface area contributed by atoms with Gasteiger partial charge in [-0.3, -0.25) is 0 Å². The molecule has 19 heavy (non-hydrogen) atoms. The predicted octanol–water partition coefficient (Wildman–Crippen LogP) is 1.83. The number of esters is 1. The molecule has 7 heteroatoms. The summed E-state index contributed by atoms with van der Waals surface area (Å²) in [6.45, 7) is -2.07. The second-order valence-electron chi connectivity index (χ2n) is 3.33. The second-order valence-corrected chi connectivity index (χ2v) is 3.33. The minimum Gasteiger partial charge on any atom is -0.462 e. The molecule has 0 atom stereocenters. The molecule has 0 spiro atoms. The van der Waals surface area contributed by atoms with E-state index in [1.165, 1.54) is 6.07 Å². The Labute approximate surface area is 108 Å². The highest BCUT2D eigenvalue weighted by Crippen LogP contribution is 2.27. The van der Waals surface area contributed by atoms with Crippen molar-refractivity contribution in [1.82, 2.24) is 0 Å². The third-order valence-corrected chi connectivity index (χ3v) is 2.26. The highest BCUT2D eigenvalue weighted by molar-refractivity contribution is 5.92. The Morgan fingerprint density at radius 2 is 2.21 bits per heavy atom. The number of halogens is 2. The van der Waals surface area contributed by atoms with Crippen LogP contribution in [0.5, 0.6) is 5.75 Å². The Bertz CT molecular complexity index is 511. The molecule has 0 saturated carbocycles. The lowest BCUT2D eigenvalue weighted by Gasteiger charge is -2.12. The zero-order chi connectivity index (χ0) is 14.4. The van der Waals surface area contributed by atoms with Crippen LogP contribution in [0.25, 0.3) is 0 Å². The first-order valence-electron chi connectivity index (χ1n) is 5.33. The van der Waals surface area contributed by atoms with Crippen LogP contribution in [-0.4, -0.2) is 24.3 Å². The van der Waals surface area contributed by atoms with Gasteiger partial charge in [0, 0.05) is 5.56 Å². The average molecular weight is 271 g/mol. The SMILES string of the molecule is CCOC(=O)c1ccc(OC(F)F)c(C#N)c1CO. The number of alkyl halides is 2. The summed E-state index contributed by atoms with van der Waals surface area (Å²) in [5.74, 6) is -1.14. The summed E-state index contributed by atoms with van der Waals surface area (Å²) in [4.78, 5) is 11.6. The van der Waals surface area contributed by atoms with Crippen molar-refractivity contribution in [2.24, 2.45) is 0 Å². The monoisotopic (exact) mass is 271 g/mol. The van der Waals surface area contributed by atoms with Gasteiger partial charge >= 0.3 is 12.6 Å². The van der Waals surface area contributed by atoms with Gasteiger partial charge in [-0.25, -0.2) is 4.79 Å². The van der Waals surface area contributed by atoms with Crippen molar-refractivity contribution in [3.05, 3.63) is 28.8 Å². The summed E-state index contributed by atoms with van der Waals surface area (Å²) in [5.41, 5.74) is -0.463. The van der Waals surface area contributed by atoms with Gasteiger partial charge in [-0.1, -0.05) is 0 Å². The van der Waals surface area contributed by atoms with E-state index in [9.17, 15) is 18.7 Å². The number of nitrogens with zero attached hydrogens (tertiary/aromatic N) is 1. The largest absolute Gasteiger partial charge is 0.462 e. The molecule has 0 aliphatic rings. The number of benzene rings is 1. The number of ether oxygens (including phenoxy) is 2. The predicted molar refractivity (Wildman–Crippen MR) is 59.7 cm³/mol. The number of rotatable bonds is 5. The molecular formula is C12H11F2NO4. The first-order valence-corrected chi connectivity index (χ1v) is 5.33. The van der Waals surface area contributed by atoms with Crippen LogP contribution in [0, 0.1) is 11.3 Å². The van der Waals surface area contributed by atoms with Gasteiger partial charge in [0.05, 0.1) is 18.8 Å². The Morgan fingerprint density at radius 3 is 2.68 bits per heavy atom. The standard InChI is InChI=1S/C12H11F2NO4/c1-2-18-11(17)7-3-4-10(19-12(13)14)8(5-15)9(7)6-16/h3-4,12,16H,2,6H2,1H3. The van der Waals surface area contributed by atoms with E-state index in [-0.39, 0.29) is 23.3 Å². The van der Waals surface area contributed by atoms with Crippen molar-refractivity contribution in [2.45, 2.75) is 20.1 Å². The van der Waals surface area contributed by atoms with Gasteiger partial charge in [0.1, 0.15) is 17.4 Å². The second kappa shape index (κ2) is 6.66. The molecule has 0 aromatic heterocycles. The Morgan fingerprint density at radius 1 is 1.53 bits per heavy atom. The number of carbonyl (C=O) groups excluding carboxylic acids is 1. The molecule has 0 saturated heterocycles. The fourth-order valence-electron chi connectivity index (χ4n) is 1.51. The van der Waals surface area contributed by atoms with E-state index < -0.39 is 24.9 Å². The molecule has 0 amide bonds. The van der Waals surface area contributed by atoms with E-state index in [2.05, 4.69) is 4.74 Å². The maximum atomic E-state index is 12.2. The summed E-state index contributed by atoms with van der Waals surface area (Å²) in [6.07, 6.45) is 0. The van der Waals surface area contributed by atoms with Gasteiger partial charge in [-0.15, -0.1) is 0 Å². The van der Waals surface area contributed by atoms with Crippen LogP contribution >= 0.6 is 0 Å². The van der Waals surface area contributed by atoms with E-state index in [1.54, 1.807) is 13.0 Å². The molecular weight excluding hydrogens is 260 g/mol. The van der Waals surface area contributed by atoms with Gasteiger partial charge in [-0.2, -0.15) is 14.0 Å². The highest BCUT2D eigenvalue weighted by Gasteiger charge is 2.20. The van der Waals surface area contributed by atoms with E-state index in [0.717, 1.165) is 6.07 Å². The molecule has 0 aliphatic heterocycles. The van der Waals surface area contributed by atoms with Crippen LogP contribution in [0.2, 0.25) is 0 Å². The highest BCUT2D eigenvalue weighted by atomic mass is 19.3. The lowest BCUT2D eigenvalue weighted by molar-refractivity contribution is -0.0501. The summed E-state index contributed by atoms with van der Waals surface area (Å²) in [5, 5.41) is 18.1. The minimum absolute atomic E-state index is 0.0532. The molecule has 0 fully saturated rings. The topological polar surface area (TPSA) is 79.5 Å². The van der Waals surface area contributed by atoms with Crippen molar-refractivity contribution in [3.8, 4) is 11.8 Å². The summed E-state index contributed by atoms with van der Waals surface area (Å²) < 4.78 is 33.2. The van der Waals surface area contributed by atoms with E-state index in [0.29, 0.717) is 0 Å². The number of carbonyl (C=O) groups is 1. The zero-order valence-corrected chi connectivity index (χ0v) is 10.0. The maximum Gasteiger partial charge on any atom is 0.387 e. The fraction of sp³-hybridized carbons (Fsp3) is 0.333. The molecule has 0 unspecified atom stereocenters. The summed E-state index contributed by atoms with van der Waals surface area (Å²) >= 11 is 0. The van der Waals surface area contributed by atoms with Crippen LogP contribution in [0.15, 0.2) is 12.1 Å². The first-order chi connectivity index (χ1) is 9.04. The van der Waals surface area contributed by atoms with Crippen molar-refractivity contribution in [2.75, 3.05) is 6.61 Å². The maximum absolute atomic E-state index is 12.2.